The molecule has 1 unspecified atom stereocenters. The van der Waals surface area contributed by atoms with Crippen LogP contribution in [0.5, 0.6) is 0 Å². The van der Waals surface area contributed by atoms with E-state index in [0.29, 0.717) is 32.1 Å². The monoisotopic (exact) mass is 283 g/mol. The minimum absolute atomic E-state index is 0. The van der Waals surface area contributed by atoms with Gasteiger partial charge in [0, 0.05) is 32.2 Å². The molecule has 0 radical (unpaired) electrons. The number of nitrogens with zero attached hydrogens (tertiary/aromatic N) is 2. The maximum absolute atomic E-state index is 12.3. The molecule has 5 nitrogen and oxygen atoms in total. The second kappa shape index (κ2) is 5.84. The van der Waals surface area contributed by atoms with Gasteiger partial charge in [-0.15, -0.1) is 12.4 Å². The van der Waals surface area contributed by atoms with Crippen LogP contribution in [0.1, 0.15) is 26.2 Å². The summed E-state index contributed by atoms with van der Waals surface area (Å²) < 4.78 is 27.7. The van der Waals surface area contributed by atoms with Crippen LogP contribution >= 0.6 is 12.4 Å². The quantitative estimate of drug-likeness (QED) is 0.799. The third-order valence-electron chi connectivity index (χ3n) is 3.46. The molecular formula is C10H22ClN3O2S. The van der Waals surface area contributed by atoms with E-state index in [1.54, 1.807) is 4.31 Å². The molecule has 2 aliphatic heterocycles. The molecule has 7 heteroatoms. The van der Waals surface area contributed by atoms with Gasteiger partial charge in [0.25, 0.3) is 10.2 Å². The molecule has 0 spiro atoms. The number of hydrogen-bond acceptors (Lipinski definition) is 3. The second-order valence-corrected chi connectivity index (χ2v) is 6.95. The smallest absolute Gasteiger partial charge is 0.282 e. The fourth-order valence-corrected chi connectivity index (χ4v) is 4.33. The van der Waals surface area contributed by atoms with Crippen LogP contribution < -0.4 is 5.73 Å². The lowest BCUT2D eigenvalue weighted by Gasteiger charge is -2.32. The number of halogens is 1. The van der Waals surface area contributed by atoms with E-state index in [-0.39, 0.29) is 18.4 Å². The summed E-state index contributed by atoms with van der Waals surface area (Å²) in [5, 5.41) is 0. The lowest BCUT2D eigenvalue weighted by molar-refractivity contribution is 0.263. The SMILES string of the molecule is CC1CCCN(S(=O)(=O)N2CC[C@@H](N)C2)C1.Cl. The van der Waals surface area contributed by atoms with Gasteiger partial charge in [0.1, 0.15) is 0 Å². The molecular weight excluding hydrogens is 262 g/mol. The predicted molar refractivity (Wildman–Crippen MR) is 70.3 cm³/mol. The van der Waals surface area contributed by atoms with Crippen molar-refractivity contribution in [2.75, 3.05) is 26.2 Å². The summed E-state index contributed by atoms with van der Waals surface area (Å²) in [4.78, 5) is 0. The summed E-state index contributed by atoms with van der Waals surface area (Å²) in [5.41, 5.74) is 5.75. The van der Waals surface area contributed by atoms with Crippen molar-refractivity contribution in [1.82, 2.24) is 8.61 Å². The van der Waals surface area contributed by atoms with Crippen LogP contribution in [0.25, 0.3) is 0 Å². The van der Waals surface area contributed by atoms with Gasteiger partial charge in [-0.2, -0.15) is 17.0 Å². The Bertz CT molecular complexity index is 349. The number of hydrogen-bond donors (Lipinski definition) is 1. The number of nitrogens with two attached hydrogens (primary N) is 1. The maximum Gasteiger partial charge on any atom is 0.282 e. The van der Waals surface area contributed by atoms with Crippen molar-refractivity contribution in [2.45, 2.75) is 32.2 Å². The Morgan fingerprint density at radius 3 is 2.29 bits per heavy atom. The molecule has 2 atom stereocenters. The van der Waals surface area contributed by atoms with Gasteiger partial charge in [0.2, 0.25) is 0 Å². The Labute approximate surface area is 110 Å². The predicted octanol–water partition coefficient (Wildman–Crippen LogP) is 0.418. The number of piperidine rings is 1. The summed E-state index contributed by atoms with van der Waals surface area (Å²) in [6.07, 6.45) is 2.88. The summed E-state index contributed by atoms with van der Waals surface area (Å²) in [6.45, 7) is 4.49. The average Bonchev–Trinajstić information content (AvgIpc) is 2.65. The zero-order valence-electron chi connectivity index (χ0n) is 10.2. The third kappa shape index (κ3) is 3.32. The van der Waals surface area contributed by atoms with Gasteiger partial charge < -0.3 is 5.73 Å². The van der Waals surface area contributed by atoms with E-state index in [2.05, 4.69) is 6.92 Å². The summed E-state index contributed by atoms with van der Waals surface area (Å²) in [7, 11) is -3.24. The van der Waals surface area contributed by atoms with Crippen molar-refractivity contribution in [3.8, 4) is 0 Å². The minimum Gasteiger partial charge on any atom is -0.326 e. The van der Waals surface area contributed by atoms with Crippen molar-refractivity contribution in [3.05, 3.63) is 0 Å². The standard InChI is InChI=1S/C10H21N3O2S.ClH/c1-9-3-2-5-12(7-9)16(14,15)13-6-4-10(11)8-13;/h9-10H,2-8,11H2,1H3;1H/t9?,10-;/m1./s1. The first-order valence-electron chi connectivity index (χ1n) is 6.01. The molecule has 17 heavy (non-hydrogen) atoms. The van der Waals surface area contributed by atoms with Crippen LogP contribution in [0.4, 0.5) is 0 Å². The first-order chi connectivity index (χ1) is 7.50. The molecule has 0 aliphatic carbocycles. The van der Waals surface area contributed by atoms with Crippen LogP contribution in [0.3, 0.4) is 0 Å². The van der Waals surface area contributed by atoms with Gasteiger partial charge in [0.05, 0.1) is 0 Å². The summed E-state index contributed by atoms with van der Waals surface area (Å²) in [6, 6.07) is 0.0111. The van der Waals surface area contributed by atoms with Crippen molar-refractivity contribution < 1.29 is 8.42 Å². The van der Waals surface area contributed by atoms with Crippen LogP contribution in [0.15, 0.2) is 0 Å². The van der Waals surface area contributed by atoms with Crippen molar-refractivity contribution in [3.63, 3.8) is 0 Å². The lowest BCUT2D eigenvalue weighted by Crippen LogP contribution is -2.47. The molecule has 0 saturated carbocycles. The van der Waals surface area contributed by atoms with E-state index in [9.17, 15) is 8.42 Å². The van der Waals surface area contributed by atoms with E-state index in [0.717, 1.165) is 19.3 Å². The second-order valence-electron chi connectivity index (χ2n) is 5.02. The average molecular weight is 284 g/mol. The molecule has 2 aliphatic rings. The van der Waals surface area contributed by atoms with Crippen molar-refractivity contribution >= 4 is 22.6 Å². The first kappa shape index (κ1) is 15.2. The molecule has 2 heterocycles. The molecule has 0 bridgehead atoms. The summed E-state index contributed by atoms with van der Waals surface area (Å²) in [5.74, 6) is 0.472. The maximum atomic E-state index is 12.3. The highest BCUT2D eigenvalue weighted by atomic mass is 35.5. The topological polar surface area (TPSA) is 66.6 Å². The van der Waals surface area contributed by atoms with E-state index >= 15 is 0 Å². The Morgan fingerprint density at radius 1 is 1.12 bits per heavy atom. The molecule has 0 aromatic heterocycles. The van der Waals surface area contributed by atoms with Gasteiger partial charge >= 0.3 is 0 Å². The van der Waals surface area contributed by atoms with Crippen LogP contribution in [-0.4, -0.2) is 49.2 Å². The van der Waals surface area contributed by atoms with E-state index in [1.807, 2.05) is 0 Å². The highest BCUT2D eigenvalue weighted by Crippen LogP contribution is 2.22. The number of rotatable bonds is 2. The highest BCUT2D eigenvalue weighted by molar-refractivity contribution is 7.86. The van der Waals surface area contributed by atoms with Crippen LogP contribution in [0, 0.1) is 5.92 Å². The van der Waals surface area contributed by atoms with Gasteiger partial charge in [-0.1, -0.05) is 6.92 Å². The van der Waals surface area contributed by atoms with Crippen LogP contribution in [0.2, 0.25) is 0 Å². The Balaban J connectivity index is 0.00000144. The molecule has 0 aromatic carbocycles. The molecule has 2 fully saturated rings. The van der Waals surface area contributed by atoms with Crippen molar-refractivity contribution in [2.24, 2.45) is 11.7 Å². The van der Waals surface area contributed by atoms with E-state index in [1.165, 1.54) is 4.31 Å². The Kier molecular flexibility index (Phi) is 5.21. The largest absolute Gasteiger partial charge is 0.326 e. The van der Waals surface area contributed by atoms with E-state index in [4.69, 9.17) is 5.73 Å². The molecule has 2 saturated heterocycles. The molecule has 0 aromatic rings. The normalized spacial score (nSPS) is 32.4. The first-order valence-corrected chi connectivity index (χ1v) is 7.40. The zero-order valence-corrected chi connectivity index (χ0v) is 11.8. The lowest BCUT2D eigenvalue weighted by atomic mass is 10.0. The molecule has 2 rings (SSSR count). The summed E-state index contributed by atoms with van der Waals surface area (Å²) >= 11 is 0. The van der Waals surface area contributed by atoms with Gasteiger partial charge in [0.15, 0.2) is 0 Å². The van der Waals surface area contributed by atoms with Crippen molar-refractivity contribution in [1.29, 1.82) is 0 Å². The fourth-order valence-electron chi connectivity index (χ4n) is 2.48. The fraction of sp³-hybridized carbons (Fsp3) is 1.00. The molecule has 2 N–H and O–H groups in total. The van der Waals surface area contributed by atoms with E-state index < -0.39 is 10.2 Å². The van der Waals surface area contributed by atoms with Gasteiger partial charge in [-0.25, -0.2) is 0 Å². The Hall–Kier alpha value is 0.120. The van der Waals surface area contributed by atoms with Gasteiger partial charge in [-0.3, -0.25) is 0 Å². The third-order valence-corrected chi connectivity index (χ3v) is 5.43. The highest BCUT2D eigenvalue weighted by Gasteiger charge is 2.35. The Morgan fingerprint density at radius 2 is 1.76 bits per heavy atom. The molecule has 0 amide bonds. The molecule has 102 valence electrons. The van der Waals surface area contributed by atoms with Gasteiger partial charge in [-0.05, 0) is 25.2 Å². The zero-order chi connectivity index (χ0) is 11.8. The van der Waals surface area contributed by atoms with Crippen LogP contribution in [-0.2, 0) is 10.2 Å². The minimum atomic E-state index is -3.24.